The summed E-state index contributed by atoms with van der Waals surface area (Å²) in [5.74, 6) is -3.62. The first-order valence-electron chi connectivity index (χ1n) is 17.1. The number of ketones is 1. The lowest BCUT2D eigenvalue weighted by atomic mass is 9.45. The highest BCUT2D eigenvalue weighted by Crippen LogP contribution is 2.64. The van der Waals surface area contributed by atoms with Crippen LogP contribution in [0.5, 0.6) is 0 Å². The average Bonchev–Trinajstić information content (AvgIpc) is 3.03. The first-order valence-corrected chi connectivity index (χ1v) is 19.6. The predicted octanol–water partition coefficient (Wildman–Crippen LogP) is 5.49. The number of Topliss-reactive ketones (excluding diaryl/α,β-unsaturated/α-hetero) is 1. The van der Waals surface area contributed by atoms with Gasteiger partial charge in [0.15, 0.2) is 25.8 Å². The van der Waals surface area contributed by atoms with Gasteiger partial charge in [-0.3, -0.25) is 14.4 Å². The lowest BCUT2D eigenvalue weighted by Gasteiger charge is -2.67. The Morgan fingerprint density at radius 2 is 1.60 bits per heavy atom. The van der Waals surface area contributed by atoms with Gasteiger partial charge in [0.25, 0.3) is 0 Å². The Hall–Kier alpha value is -3.12. The Bertz CT molecular complexity index is 1520. The van der Waals surface area contributed by atoms with Gasteiger partial charge >= 0.3 is 17.9 Å². The zero-order chi connectivity index (χ0) is 35.4. The van der Waals surface area contributed by atoms with Crippen LogP contribution in [0.4, 0.5) is 0 Å². The van der Waals surface area contributed by atoms with Crippen LogP contribution < -0.4 is 0 Å². The molecule has 1 heterocycles. The topological polar surface area (TPSA) is 135 Å². The third-order valence-electron chi connectivity index (χ3n) is 12.0. The Labute approximate surface area is 284 Å². The van der Waals surface area contributed by atoms with Crippen molar-refractivity contribution in [3.63, 3.8) is 0 Å². The van der Waals surface area contributed by atoms with Crippen molar-refractivity contribution >= 4 is 32.0 Å². The molecule has 4 aliphatic rings. The summed E-state index contributed by atoms with van der Waals surface area (Å²) in [5, 5.41) is 13.2. The fourth-order valence-electron chi connectivity index (χ4n) is 8.96. The van der Waals surface area contributed by atoms with Gasteiger partial charge in [0, 0.05) is 25.7 Å². The number of ether oxygens (including phenoxy) is 4. The molecule has 0 amide bonds. The van der Waals surface area contributed by atoms with Crippen molar-refractivity contribution in [1.29, 1.82) is 0 Å². The highest BCUT2D eigenvalue weighted by molar-refractivity contribution is 6.73. The smallest absolute Gasteiger partial charge is 0.338 e. The number of carbonyl (C=O) groups is 4. The SMILES string of the molecule is CC[Si](CC)(CC)O[C@H]1C[C@H]2OC[C@@]2(OC(C)=O)[C@H]2[C@H](OC(=O)c3ccccc3)[C@]3(O)C=CC(C)=C([C@@H](OC(C)=O)C(=O)[C@]12C)C3(C)C. The molecular weight excluding hydrogens is 632 g/mol. The second-order valence-corrected chi connectivity index (χ2v) is 19.3. The number of allylic oxidation sites excluding steroid dienone is 2. The molecule has 8 atom stereocenters. The molecule has 48 heavy (non-hydrogen) atoms. The average molecular weight is 683 g/mol. The van der Waals surface area contributed by atoms with E-state index in [1.54, 1.807) is 70.2 Å². The Balaban J connectivity index is 1.86. The molecule has 11 heteroatoms. The monoisotopic (exact) mass is 682 g/mol. The molecule has 1 aromatic carbocycles. The molecule has 2 bridgehead atoms. The summed E-state index contributed by atoms with van der Waals surface area (Å²) in [4.78, 5) is 55.4. The maximum absolute atomic E-state index is 15.6. The summed E-state index contributed by atoms with van der Waals surface area (Å²) in [6.07, 6.45) is -0.876. The first kappa shape index (κ1) is 36.2. The van der Waals surface area contributed by atoms with Crippen LogP contribution in [0.25, 0.3) is 0 Å². The Morgan fingerprint density at radius 3 is 2.12 bits per heavy atom. The molecule has 1 saturated heterocycles. The van der Waals surface area contributed by atoms with Crippen LogP contribution in [0.15, 0.2) is 53.6 Å². The zero-order valence-electron chi connectivity index (χ0n) is 29.6. The maximum Gasteiger partial charge on any atom is 0.338 e. The van der Waals surface area contributed by atoms with Gasteiger partial charge in [-0.15, -0.1) is 0 Å². The van der Waals surface area contributed by atoms with Crippen LogP contribution in [-0.4, -0.2) is 79.3 Å². The fraction of sp³-hybridized carbons (Fsp3) is 0.622. The van der Waals surface area contributed by atoms with Gasteiger partial charge in [0.2, 0.25) is 0 Å². The lowest BCUT2D eigenvalue weighted by molar-refractivity contribution is -0.340. The predicted molar refractivity (Wildman–Crippen MR) is 179 cm³/mol. The van der Waals surface area contributed by atoms with Gasteiger partial charge in [-0.1, -0.05) is 58.9 Å². The number of fused-ring (bicyclic) bond motifs is 5. The quantitative estimate of drug-likeness (QED) is 0.203. The molecule has 0 unspecified atom stereocenters. The second kappa shape index (κ2) is 12.6. The summed E-state index contributed by atoms with van der Waals surface area (Å²) < 4.78 is 32.0. The number of hydrogen-bond donors (Lipinski definition) is 1. The van der Waals surface area contributed by atoms with E-state index in [-0.39, 0.29) is 18.6 Å². The van der Waals surface area contributed by atoms with Gasteiger partial charge in [0.1, 0.15) is 17.8 Å². The van der Waals surface area contributed by atoms with E-state index >= 15 is 4.79 Å². The molecule has 262 valence electrons. The van der Waals surface area contributed by atoms with E-state index in [4.69, 9.17) is 23.4 Å². The summed E-state index contributed by atoms with van der Waals surface area (Å²) in [6, 6.07) is 10.8. The van der Waals surface area contributed by atoms with Crippen LogP contribution in [0, 0.1) is 16.7 Å². The van der Waals surface area contributed by atoms with Crippen molar-refractivity contribution in [2.24, 2.45) is 16.7 Å². The molecule has 1 aliphatic heterocycles. The van der Waals surface area contributed by atoms with Gasteiger partial charge in [-0.2, -0.15) is 0 Å². The minimum absolute atomic E-state index is 0.0883. The van der Waals surface area contributed by atoms with Crippen molar-refractivity contribution in [2.75, 3.05) is 6.61 Å². The molecular formula is C37H50O10Si. The molecule has 3 aliphatic carbocycles. The van der Waals surface area contributed by atoms with Crippen LogP contribution in [0.2, 0.25) is 18.1 Å². The van der Waals surface area contributed by atoms with Crippen molar-refractivity contribution < 1.29 is 47.7 Å². The molecule has 10 nitrogen and oxygen atoms in total. The minimum atomic E-state index is -2.44. The third-order valence-corrected chi connectivity index (χ3v) is 16.6. The normalized spacial score (nSPS) is 35.3. The standard InChI is InChI=1S/C37H50O10Si/c1-10-48(11-2,12-3)47-26-20-27-36(21-43-27,46-24(6)39)30-32(45-33(41)25-16-14-13-15-17-25)37(42)19-18-22(4)28(34(37,7)8)29(44-23(5)38)31(40)35(26,30)9/h13-19,26-27,29-30,32,42H,10-12,20-21H2,1-9H3/t26-,27+,29+,30-,32-,35+,36-,37+/m0/s1. The maximum atomic E-state index is 15.6. The number of rotatable bonds is 9. The third kappa shape index (κ3) is 5.32. The van der Waals surface area contributed by atoms with Crippen molar-refractivity contribution in [3.05, 3.63) is 59.2 Å². The second-order valence-electron chi connectivity index (χ2n) is 14.6. The van der Waals surface area contributed by atoms with Crippen LogP contribution in [0.3, 0.4) is 0 Å². The highest BCUT2D eigenvalue weighted by atomic mass is 28.4. The van der Waals surface area contributed by atoms with Gasteiger partial charge in [0.05, 0.1) is 29.6 Å². The summed E-state index contributed by atoms with van der Waals surface area (Å²) in [6.45, 7) is 15.7. The number of aliphatic hydroxyl groups is 1. The van der Waals surface area contributed by atoms with Crippen LogP contribution in [-0.2, 0) is 37.8 Å². The highest BCUT2D eigenvalue weighted by Gasteiger charge is 2.78. The molecule has 1 N–H and O–H groups in total. The molecule has 2 saturated carbocycles. The number of esters is 3. The van der Waals surface area contributed by atoms with E-state index in [1.807, 2.05) is 0 Å². The van der Waals surface area contributed by atoms with Crippen molar-refractivity contribution in [2.45, 2.75) is 122 Å². The van der Waals surface area contributed by atoms with Gasteiger partial charge < -0.3 is 28.5 Å². The van der Waals surface area contributed by atoms with E-state index in [9.17, 15) is 19.5 Å². The van der Waals surface area contributed by atoms with Crippen molar-refractivity contribution in [3.8, 4) is 0 Å². The Kier molecular flexibility index (Phi) is 9.53. The number of benzene rings is 1. The molecule has 3 fully saturated rings. The largest absolute Gasteiger partial charge is 0.455 e. The summed E-state index contributed by atoms with van der Waals surface area (Å²) in [5.41, 5.74) is -5.06. The summed E-state index contributed by atoms with van der Waals surface area (Å²) in [7, 11) is -2.44. The molecule has 0 radical (unpaired) electrons. The van der Waals surface area contributed by atoms with Gasteiger partial charge in [-0.05, 0) is 61.3 Å². The fourth-order valence-corrected chi connectivity index (χ4v) is 11.9. The van der Waals surface area contributed by atoms with Crippen molar-refractivity contribution in [1.82, 2.24) is 0 Å². The van der Waals surface area contributed by atoms with Crippen LogP contribution >= 0.6 is 0 Å². The zero-order valence-corrected chi connectivity index (χ0v) is 30.6. The molecule has 5 rings (SSSR count). The summed E-state index contributed by atoms with van der Waals surface area (Å²) >= 11 is 0. The van der Waals surface area contributed by atoms with Gasteiger partial charge in [-0.25, -0.2) is 4.79 Å². The van der Waals surface area contributed by atoms with E-state index in [2.05, 4.69) is 20.8 Å². The molecule has 1 aromatic rings. The number of hydrogen-bond acceptors (Lipinski definition) is 10. The van der Waals surface area contributed by atoms with Crippen LogP contribution in [0.1, 0.15) is 79.1 Å². The van der Waals surface area contributed by atoms with E-state index < -0.39 is 84.4 Å². The lowest BCUT2D eigenvalue weighted by Crippen LogP contribution is -2.81. The minimum Gasteiger partial charge on any atom is -0.455 e. The van der Waals surface area contributed by atoms with E-state index in [0.29, 0.717) is 11.1 Å². The number of carbonyl (C=O) groups excluding carboxylic acids is 4. The first-order chi connectivity index (χ1) is 22.5. The molecule has 0 aromatic heterocycles. The Morgan fingerprint density at radius 1 is 0.979 bits per heavy atom. The molecule has 0 spiro atoms. The van der Waals surface area contributed by atoms with E-state index in [1.165, 1.54) is 13.8 Å². The van der Waals surface area contributed by atoms with E-state index in [0.717, 1.165) is 18.1 Å².